The molecule has 6 heteroatoms. The molecule has 0 spiro atoms. The van der Waals surface area contributed by atoms with E-state index in [2.05, 4.69) is 20.6 Å². The summed E-state index contributed by atoms with van der Waals surface area (Å²) >= 11 is 5.99. The monoisotopic (exact) mass is 277 g/mol. The van der Waals surface area contributed by atoms with Gasteiger partial charge >= 0.3 is 0 Å². The van der Waals surface area contributed by atoms with Crippen LogP contribution < -0.4 is 16.4 Å². The third-order valence-corrected chi connectivity index (χ3v) is 2.92. The molecule has 2 rings (SSSR count). The first-order valence-electron chi connectivity index (χ1n) is 5.99. The first kappa shape index (κ1) is 13.4. The molecule has 4 N–H and O–H groups in total. The van der Waals surface area contributed by atoms with E-state index < -0.39 is 0 Å². The number of halogens is 1. The normalized spacial score (nSPS) is 10.3. The molecule has 100 valence electrons. The van der Waals surface area contributed by atoms with Crippen LogP contribution in [0.2, 0.25) is 5.02 Å². The Morgan fingerprint density at radius 3 is 2.74 bits per heavy atom. The lowest BCUT2D eigenvalue weighted by Gasteiger charge is -2.13. The highest BCUT2D eigenvalue weighted by Crippen LogP contribution is 2.28. The van der Waals surface area contributed by atoms with E-state index in [1.807, 2.05) is 32.0 Å². The summed E-state index contributed by atoms with van der Waals surface area (Å²) in [7, 11) is 0. The molecule has 0 saturated heterocycles. The van der Waals surface area contributed by atoms with E-state index in [9.17, 15) is 0 Å². The maximum atomic E-state index is 6.02. The number of benzene rings is 1. The van der Waals surface area contributed by atoms with Crippen LogP contribution in [0.1, 0.15) is 12.5 Å². The Kier molecular flexibility index (Phi) is 4.06. The van der Waals surface area contributed by atoms with E-state index in [4.69, 9.17) is 17.3 Å². The molecule has 0 aliphatic carbocycles. The first-order chi connectivity index (χ1) is 9.11. The second kappa shape index (κ2) is 5.75. The lowest BCUT2D eigenvalue weighted by atomic mass is 10.2. The predicted octanol–water partition coefficient (Wildman–Crippen LogP) is 3.20. The summed E-state index contributed by atoms with van der Waals surface area (Å²) in [5, 5.41) is 6.93. The maximum absolute atomic E-state index is 6.02. The highest BCUT2D eigenvalue weighted by atomic mass is 35.5. The van der Waals surface area contributed by atoms with E-state index in [0.29, 0.717) is 22.3 Å². The van der Waals surface area contributed by atoms with Crippen molar-refractivity contribution in [1.82, 2.24) is 9.97 Å². The van der Waals surface area contributed by atoms with E-state index >= 15 is 0 Å². The summed E-state index contributed by atoms with van der Waals surface area (Å²) in [4.78, 5) is 8.25. The molecule has 1 aromatic carbocycles. The zero-order valence-corrected chi connectivity index (χ0v) is 11.6. The van der Waals surface area contributed by atoms with E-state index in [-0.39, 0.29) is 0 Å². The average Bonchev–Trinajstić information content (AvgIpc) is 2.39. The average molecular weight is 278 g/mol. The van der Waals surface area contributed by atoms with Gasteiger partial charge in [-0.05, 0) is 31.5 Å². The Balaban J connectivity index is 2.33. The summed E-state index contributed by atoms with van der Waals surface area (Å²) < 4.78 is 0. The molecule has 0 radical (unpaired) electrons. The van der Waals surface area contributed by atoms with Crippen molar-refractivity contribution >= 4 is 34.6 Å². The molecule has 1 heterocycles. The van der Waals surface area contributed by atoms with Crippen molar-refractivity contribution in [3.63, 3.8) is 0 Å². The third kappa shape index (κ3) is 3.06. The van der Waals surface area contributed by atoms with Crippen LogP contribution in [0, 0.1) is 6.92 Å². The number of anilines is 4. The molecule has 1 aromatic heterocycles. The topological polar surface area (TPSA) is 75.9 Å². The molecule has 2 aromatic rings. The molecule has 0 unspecified atom stereocenters. The van der Waals surface area contributed by atoms with Crippen LogP contribution in [-0.2, 0) is 0 Å². The fraction of sp³-hybridized carbons (Fsp3) is 0.231. The number of nitrogen functional groups attached to an aromatic ring is 1. The summed E-state index contributed by atoms with van der Waals surface area (Å²) in [5.41, 5.74) is 8.45. The number of nitrogens with one attached hydrogen (secondary N) is 2. The summed E-state index contributed by atoms with van der Waals surface area (Å²) in [6, 6.07) is 5.62. The van der Waals surface area contributed by atoms with Gasteiger partial charge in [0, 0.05) is 17.3 Å². The first-order valence-corrected chi connectivity index (χ1v) is 6.37. The summed E-state index contributed by atoms with van der Waals surface area (Å²) in [6.45, 7) is 4.72. The van der Waals surface area contributed by atoms with Crippen molar-refractivity contribution in [3.05, 3.63) is 35.1 Å². The van der Waals surface area contributed by atoms with Crippen LogP contribution >= 0.6 is 11.6 Å². The van der Waals surface area contributed by atoms with Gasteiger partial charge in [0.15, 0.2) is 11.6 Å². The Bertz CT molecular complexity index is 585. The molecule has 19 heavy (non-hydrogen) atoms. The van der Waals surface area contributed by atoms with Crippen molar-refractivity contribution in [1.29, 1.82) is 0 Å². The van der Waals surface area contributed by atoms with Gasteiger partial charge < -0.3 is 16.4 Å². The van der Waals surface area contributed by atoms with Crippen LogP contribution in [-0.4, -0.2) is 16.5 Å². The third-order valence-electron chi connectivity index (χ3n) is 2.68. The highest BCUT2D eigenvalue weighted by molar-refractivity contribution is 6.30. The fourth-order valence-corrected chi connectivity index (χ4v) is 1.83. The Hall–Kier alpha value is -2.01. The molecule has 0 bridgehead atoms. The summed E-state index contributed by atoms with van der Waals surface area (Å²) in [5.74, 6) is 1.19. The van der Waals surface area contributed by atoms with Gasteiger partial charge in [0.2, 0.25) is 0 Å². The maximum Gasteiger partial charge on any atom is 0.159 e. The van der Waals surface area contributed by atoms with Crippen molar-refractivity contribution in [2.45, 2.75) is 13.8 Å². The van der Waals surface area contributed by atoms with Crippen molar-refractivity contribution in [3.8, 4) is 0 Å². The smallest absolute Gasteiger partial charge is 0.159 e. The Morgan fingerprint density at radius 1 is 1.26 bits per heavy atom. The SMILES string of the molecule is CCNc1ncnc(Nc2cc(Cl)ccc2C)c1N. The quantitative estimate of drug-likeness (QED) is 0.800. The lowest BCUT2D eigenvalue weighted by Crippen LogP contribution is -2.07. The summed E-state index contributed by atoms with van der Waals surface area (Å²) in [6.07, 6.45) is 1.47. The zero-order chi connectivity index (χ0) is 13.8. The van der Waals surface area contributed by atoms with Crippen LogP contribution in [0.15, 0.2) is 24.5 Å². The number of aromatic nitrogens is 2. The van der Waals surface area contributed by atoms with Gasteiger partial charge in [-0.25, -0.2) is 9.97 Å². The zero-order valence-electron chi connectivity index (χ0n) is 10.9. The Labute approximate surface area is 117 Å². The number of hydrogen-bond acceptors (Lipinski definition) is 5. The minimum Gasteiger partial charge on any atom is -0.393 e. The predicted molar refractivity (Wildman–Crippen MR) is 80.1 cm³/mol. The van der Waals surface area contributed by atoms with Crippen molar-refractivity contribution in [2.75, 3.05) is 22.9 Å². The number of rotatable bonds is 4. The molecule has 0 atom stereocenters. The second-order valence-corrected chi connectivity index (χ2v) is 4.54. The van der Waals surface area contributed by atoms with Gasteiger partial charge in [-0.1, -0.05) is 17.7 Å². The van der Waals surface area contributed by atoms with Gasteiger partial charge in [0.05, 0.1) is 0 Å². The fourth-order valence-electron chi connectivity index (χ4n) is 1.66. The molecule has 0 aliphatic heterocycles. The minimum atomic E-state index is 0.490. The molecule has 0 aliphatic rings. The molecule has 0 fully saturated rings. The van der Waals surface area contributed by atoms with E-state index in [1.54, 1.807) is 0 Å². The van der Waals surface area contributed by atoms with Crippen LogP contribution in [0.5, 0.6) is 0 Å². The molecular formula is C13H16ClN5. The van der Waals surface area contributed by atoms with Crippen molar-refractivity contribution in [2.24, 2.45) is 0 Å². The minimum absolute atomic E-state index is 0.490. The van der Waals surface area contributed by atoms with Gasteiger partial charge in [-0.2, -0.15) is 0 Å². The number of nitrogens with zero attached hydrogens (tertiary/aromatic N) is 2. The highest BCUT2D eigenvalue weighted by Gasteiger charge is 2.08. The van der Waals surface area contributed by atoms with Crippen LogP contribution in [0.25, 0.3) is 0 Å². The second-order valence-electron chi connectivity index (χ2n) is 4.10. The van der Waals surface area contributed by atoms with Crippen LogP contribution in [0.3, 0.4) is 0 Å². The lowest BCUT2D eigenvalue weighted by molar-refractivity contribution is 1.11. The molecular weight excluding hydrogens is 262 g/mol. The molecule has 5 nitrogen and oxygen atoms in total. The van der Waals surface area contributed by atoms with Crippen molar-refractivity contribution < 1.29 is 0 Å². The van der Waals surface area contributed by atoms with Gasteiger partial charge in [0.1, 0.15) is 12.0 Å². The number of aryl methyl sites for hydroxylation is 1. The molecule has 0 saturated carbocycles. The van der Waals surface area contributed by atoms with E-state index in [0.717, 1.165) is 17.8 Å². The molecule has 0 amide bonds. The number of hydrogen-bond donors (Lipinski definition) is 3. The van der Waals surface area contributed by atoms with Gasteiger partial charge in [-0.3, -0.25) is 0 Å². The van der Waals surface area contributed by atoms with Gasteiger partial charge in [-0.15, -0.1) is 0 Å². The largest absolute Gasteiger partial charge is 0.393 e. The standard InChI is InChI=1S/C13H16ClN5/c1-3-16-12-11(15)13(18-7-17-12)19-10-6-9(14)5-4-8(10)2/h4-7H,3,15H2,1-2H3,(H2,16,17,18,19). The number of nitrogens with two attached hydrogens (primary N) is 1. The Morgan fingerprint density at radius 2 is 2.00 bits per heavy atom. The van der Waals surface area contributed by atoms with E-state index in [1.165, 1.54) is 6.33 Å². The van der Waals surface area contributed by atoms with Gasteiger partial charge in [0.25, 0.3) is 0 Å². The van der Waals surface area contributed by atoms with Crippen LogP contribution in [0.4, 0.5) is 23.0 Å².